The fourth-order valence-electron chi connectivity index (χ4n) is 1.44. The second kappa shape index (κ2) is 4.61. The standard InChI is InChI=1S/C12H12N4O/c1-8-7-9(11(13)17)3-4-10(8)16-12-14-5-2-6-15-12/h2-7H,1H3,(H2,13,17)(H,14,15,16). The van der Waals surface area contributed by atoms with Crippen molar-refractivity contribution in [3.05, 3.63) is 47.8 Å². The predicted octanol–water partition coefficient (Wildman–Crippen LogP) is 1.63. The Labute approximate surface area is 98.7 Å². The molecule has 1 amide bonds. The van der Waals surface area contributed by atoms with Gasteiger partial charge < -0.3 is 11.1 Å². The third-order valence-corrected chi connectivity index (χ3v) is 2.32. The molecule has 0 atom stereocenters. The zero-order valence-corrected chi connectivity index (χ0v) is 9.34. The zero-order valence-electron chi connectivity index (χ0n) is 9.34. The van der Waals surface area contributed by atoms with Crippen LogP contribution in [0.5, 0.6) is 0 Å². The van der Waals surface area contributed by atoms with Crippen molar-refractivity contribution < 1.29 is 4.79 Å². The topological polar surface area (TPSA) is 80.9 Å². The monoisotopic (exact) mass is 228 g/mol. The number of nitrogens with two attached hydrogens (primary N) is 1. The van der Waals surface area contributed by atoms with Gasteiger partial charge >= 0.3 is 0 Å². The molecule has 0 saturated heterocycles. The number of aromatic nitrogens is 2. The maximum Gasteiger partial charge on any atom is 0.248 e. The van der Waals surface area contributed by atoms with Crippen LogP contribution in [0.2, 0.25) is 0 Å². The number of primary amides is 1. The van der Waals surface area contributed by atoms with Crippen molar-refractivity contribution >= 4 is 17.5 Å². The second-order valence-corrected chi connectivity index (χ2v) is 3.59. The molecular weight excluding hydrogens is 216 g/mol. The summed E-state index contributed by atoms with van der Waals surface area (Å²) in [7, 11) is 0. The lowest BCUT2D eigenvalue weighted by molar-refractivity contribution is 0.100. The number of rotatable bonds is 3. The summed E-state index contributed by atoms with van der Waals surface area (Å²) in [6, 6.07) is 6.92. The Bertz CT molecular complexity index is 539. The van der Waals surface area contributed by atoms with E-state index in [9.17, 15) is 4.79 Å². The summed E-state index contributed by atoms with van der Waals surface area (Å²) < 4.78 is 0. The lowest BCUT2D eigenvalue weighted by atomic mass is 10.1. The first kappa shape index (κ1) is 11.1. The van der Waals surface area contributed by atoms with Gasteiger partial charge in [-0.15, -0.1) is 0 Å². The van der Waals surface area contributed by atoms with Crippen molar-refractivity contribution in [2.45, 2.75) is 6.92 Å². The van der Waals surface area contributed by atoms with E-state index in [4.69, 9.17) is 5.73 Å². The molecule has 0 aliphatic carbocycles. The zero-order chi connectivity index (χ0) is 12.3. The molecule has 17 heavy (non-hydrogen) atoms. The first-order valence-electron chi connectivity index (χ1n) is 5.11. The molecule has 0 bridgehead atoms. The lowest BCUT2D eigenvalue weighted by Crippen LogP contribution is -2.11. The molecule has 0 radical (unpaired) electrons. The molecule has 1 aromatic heterocycles. The van der Waals surface area contributed by atoms with Crippen molar-refractivity contribution in [2.24, 2.45) is 5.73 Å². The average molecular weight is 228 g/mol. The summed E-state index contributed by atoms with van der Waals surface area (Å²) in [5.41, 5.74) is 7.45. The molecule has 86 valence electrons. The Morgan fingerprint density at radius 3 is 2.59 bits per heavy atom. The molecule has 0 unspecified atom stereocenters. The van der Waals surface area contributed by atoms with Crippen molar-refractivity contribution in [3.8, 4) is 0 Å². The van der Waals surface area contributed by atoms with Gasteiger partial charge in [0.15, 0.2) is 0 Å². The van der Waals surface area contributed by atoms with Gasteiger partial charge in [0.2, 0.25) is 11.9 Å². The third-order valence-electron chi connectivity index (χ3n) is 2.32. The number of hydrogen-bond acceptors (Lipinski definition) is 4. The van der Waals surface area contributed by atoms with Gasteiger partial charge in [-0.1, -0.05) is 0 Å². The van der Waals surface area contributed by atoms with Crippen molar-refractivity contribution in [3.63, 3.8) is 0 Å². The molecule has 2 aromatic rings. The summed E-state index contributed by atoms with van der Waals surface area (Å²) in [5, 5.41) is 3.06. The van der Waals surface area contributed by atoms with Crippen LogP contribution >= 0.6 is 0 Å². The normalized spacial score (nSPS) is 9.94. The second-order valence-electron chi connectivity index (χ2n) is 3.59. The van der Waals surface area contributed by atoms with Gasteiger partial charge in [-0.05, 0) is 36.8 Å². The summed E-state index contributed by atoms with van der Waals surface area (Å²) in [4.78, 5) is 19.1. The number of carbonyl (C=O) groups excluding carboxylic acids is 1. The molecule has 5 heteroatoms. The Morgan fingerprint density at radius 2 is 2.00 bits per heavy atom. The Kier molecular flexibility index (Phi) is 3.00. The van der Waals surface area contributed by atoms with Gasteiger partial charge in [-0.25, -0.2) is 9.97 Å². The number of anilines is 2. The van der Waals surface area contributed by atoms with Gasteiger partial charge in [0.05, 0.1) is 0 Å². The summed E-state index contributed by atoms with van der Waals surface area (Å²) in [6.07, 6.45) is 3.31. The van der Waals surface area contributed by atoms with Crippen molar-refractivity contribution in [2.75, 3.05) is 5.32 Å². The molecule has 3 N–H and O–H groups in total. The van der Waals surface area contributed by atoms with Gasteiger partial charge in [0.25, 0.3) is 0 Å². The molecule has 0 fully saturated rings. The van der Waals surface area contributed by atoms with E-state index in [1.54, 1.807) is 36.7 Å². The molecule has 5 nitrogen and oxygen atoms in total. The third kappa shape index (κ3) is 2.57. The maximum atomic E-state index is 11.0. The van der Waals surface area contributed by atoms with E-state index < -0.39 is 5.91 Å². The minimum atomic E-state index is -0.435. The Morgan fingerprint density at radius 1 is 1.29 bits per heavy atom. The van der Waals surface area contributed by atoms with Crippen LogP contribution in [0.1, 0.15) is 15.9 Å². The van der Waals surface area contributed by atoms with E-state index in [2.05, 4.69) is 15.3 Å². The molecule has 1 aromatic carbocycles. The highest BCUT2D eigenvalue weighted by atomic mass is 16.1. The highest BCUT2D eigenvalue weighted by Crippen LogP contribution is 2.19. The number of aryl methyl sites for hydroxylation is 1. The largest absolute Gasteiger partial charge is 0.366 e. The average Bonchev–Trinajstić information content (AvgIpc) is 2.33. The molecule has 0 aliphatic rings. The van der Waals surface area contributed by atoms with Crippen LogP contribution in [-0.2, 0) is 0 Å². The van der Waals surface area contributed by atoms with E-state index >= 15 is 0 Å². The maximum absolute atomic E-state index is 11.0. The lowest BCUT2D eigenvalue weighted by Gasteiger charge is -2.08. The minimum absolute atomic E-state index is 0.435. The van der Waals surface area contributed by atoms with E-state index in [0.29, 0.717) is 11.5 Å². The Hall–Kier alpha value is -2.43. The van der Waals surface area contributed by atoms with Crippen LogP contribution in [0.25, 0.3) is 0 Å². The first-order chi connectivity index (χ1) is 8.16. The van der Waals surface area contributed by atoms with Crippen LogP contribution in [0.15, 0.2) is 36.7 Å². The van der Waals surface area contributed by atoms with Gasteiger partial charge in [-0.3, -0.25) is 4.79 Å². The summed E-state index contributed by atoms with van der Waals surface area (Å²) >= 11 is 0. The highest BCUT2D eigenvalue weighted by Gasteiger charge is 2.04. The van der Waals surface area contributed by atoms with Crippen LogP contribution in [-0.4, -0.2) is 15.9 Å². The summed E-state index contributed by atoms with van der Waals surface area (Å²) in [5.74, 6) is 0.0815. The fraction of sp³-hybridized carbons (Fsp3) is 0.0833. The van der Waals surface area contributed by atoms with E-state index in [-0.39, 0.29) is 0 Å². The minimum Gasteiger partial charge on any atom is -0.366 e. The number of benzene rings is 1. The summed E-state index contributed by atoms with van der Waals surface area (Å²) in [6.45, 7) is 1.89. The first-order valence-corrected chi connectivity index (χ1v) is 5.11. The van der Waals surface area contributed by atoms with Gasteiger partial charge in [-0.2, -0.15) is 0 Å². The van der Waals surface area contributed by atoms with Crippen LogP contribution < -0.4 is 11.1 Å². The molecule has 0 saturated carbocycles. The van der Waals surface area contributed by atoms with E-state index in [1.165, 1.54) is 0 Å². The molecule has 2 rings (SSSR count). The van der Waals surface area contributed by atoms with Gasteiger partial charge in [0, 0.05) is 23.6 Å². The van der Waals surface area contributed by atoms with Gasteiger partial charge in [0.1, 0.15) is 0 Å². The van der Waals surface area contributed by atoms with E-state index in [1.807, 2.05) is 6.92 Å². The van der Waals surface area contributed by atoms with Crippen LogP contribution in [0.4, 0.5) is 11.6 Å². The number of amides is 1. The molecule has 0 aliphatic heterocycles. The number of hydrogen-bond donors (Lipinski definition) is 2. The molecular formula is C12H12N4O. The molecule has 1 heterocycles. The Balaban J connectivity index is 2.26. The van der Waals surface area contributed by atoms with E-state index in [0.717, 1.165) is 11.3 Å². The smallest absolute Gasteiger partial charge is 0.248 e. The molecule has 0 spiro atoms. The van der Waals surface area contributed by atoms with Crippen LogP contribution in [0.3, 0.4) is 0 Å². The SMILES string of the molecule is Cc1cc(C(N)=O)ccc1Nc1ncccn1. The number of nitrogens with one attached hydrogen (secondary N) is 1. The van der Waals surface area contributed by atoms with Crippen LogP contribution in [0, 0.1) is 6.92 Å². The van der Waals surface area contributed by atoms with Crippen molar-refractivity contribution in [1.29, 1.82) is 0 Å². The number of carbonyl (C=O) groups is 1. The quantitative estimate of drug-likeness (QED) is 0.836. The highest BCUT2D eigenvalue weighted by molar-refractivity contribution is 5.93. The fourth-order valence-corrected chi connectivity index (χ4v) is 1.44. The van der Waals surface area contributed by atoms with Crippen molar-refractivity contribution in [1.82, 2.24) is 9.97 Å². The number of nitrogens with zero attached hydrogens (tertiary/aromatic N) is 2. The predicted molar refractivity (Wildman–Crippen MR) is 65.0 cm³/mol.